The lowest BCUT2D eigenvalue weighted by atomic mass is 10.2. The summed E-state index contributed by atoms with van der Waals surface area (Å²) in [7, 11) is 0. The van der Waals surface area contributed by atoms with Crippen molar-refractivity contribution in [3.8, 4) is 17.1 Å². The van der Waals surface area contributed by atoms with Gasteiger partial charge >= 0.3 is 6.09 Å². The summed E-state index contributed by atoms with van der Waals surface area (Å²) < 4.78 is 5.43. The van der Waals surface area contributed by atoms with Gasteiger partial charge < -0.3 is 4.74 Å². The summed E-state index contributed by atoms with van der Waals surface area (Å²) in [5, 5.41) is 16.7. The standard InChI is InChI=1S/C19H17N5O2.2C2H6/c25-19(26-15-10-5-2-6-11-15)24-13-7-12-16(24)18-22-20-17(21-23-18)14-8-3-1-4-9-14;2*1-2/h1-6,8-11,16H,7,12-13H2;2*1-2H3. The van der Waals surface area contributed by atoms with Crippen LogP contribution in [0.25, 0.3) is 11.4 Å². The first-order valence-electron chi connectivity index (χ1n) is 10.5. The maximum atomic E-state index is 12.5. The fourth-order valence-electron chi connectivity index (χ4n) is 2.97. The van der Waals surface area contributed by atoms with E-state index >= 15 is 0 Å². The Kier molecular flexibility index (Phi) is 9.37. The molecule has 1 aliphatic rings. The van der Waals surface area contributed by atoms with Gasteiger partial charge in [-0.3, -0.25) is 4.90 Å². The first kappa shape index (κ1) is 22.9. The lowest BCUT2D eigenvalue weighted by molar-refractivity contribution is 0.145. The summed E-state index contributed by atoms with van der Waals surface area (Å²) in [5.74, 6) is 1.41. The lowest BCUT2D eigenvalue weighted by Gasteiger charge is -2.22. The largest absolute Gasteiger partial charge is 0.415 e. The van der Waals surface area contributed by atoms with Crippen LogP contribution in [0.1, 0.15) is 52.4 Å². The molecule has 0 N–H and O–H groups in total. The van der Waals surface area contributed by atoms with Crippen molar-refractivity contribution >= 4 is 6.09 Å². The molecule has 1 unspecified atom stereocenters. The van der Waals surface area contributed by atoms with E-state index in [-0.39, 0.29) is 6.04 Å². The zero-order valence-electron chi connectivity index (χ0n) is 18.0. The third-order valence-corrected chi connectivity index (χ3v) is 4.26. The zero-order chi connectivity index (χ0) is 21.8. The summed E-state index contributed by atoms with van der Waals surface area (Å²) in [6.45, 7) is 8.60. The second-order valence-electron chi connectivity index (χ2n) is 5.98. The maximum Gasteiger partial charge on any atom is 0.415 e. The topological polar surface area (TPSA) is 81.1 Å². The van der Waals surface area contributed by atoms with Crippen LogP contribution in [0.3, 0.4) is 0 Å². The van der Waals surface area contributed by atoms with E-state index in [1.54, 1.807) is 17.0 Å². The molecule has 1 saturated heterocycles. The van der Waals surface area contributed by atoms with Gasteiger partial charge in [-0.15, -0.1) is 20.4 Å². The van der Waals surface area contributed by atoms with Gasteiger partial charge in [-0.05, 0) is 25.0 Å². The van der Waals surface area contributed by atoms with Gasteiger partial charge in [0.2, 0.25) is 5.82 Å². The quantitative estimate of drug-likeness (QED) is 0.584. The van der Waals surface area contributed by atoms with Gasteiger partial charge in [0.25, 0.3) is 0 Å². The zero-order valence-corrected chi connectivity index (χ0v) is 18.0. The van der Waals surface area contributed by atoms with Crippen molar-refractivity contribution in [3.05, 3.63) is 66.5 Å². The van der Waals surface area contributed by atoms with E-state index < -0.39 is 6.09 Å². The van der Waals surface area contributed by atoms with E-state index in [0.717, 1.165) is 18.4 Å². The SMILES string of the molecule is CC.CC.O=C(Oc1ccccc1)N1CCCC1c1nnc(-c2ccccc2)nn1. The van der Waals surface area contributed by atoms with E-state index in [9.17, 15) is 4.79 Å². The minimum Gasteiger partial charge on any atom is -0.410 e. The Hall–Kier alpha value is -3.35. The minimum atomic E-state index is -0.408. The number of rotatable bonds is 3. The van der Waals surface area contributed by atoms with Gasteiger partial charge in [0.05, 0.1) is 6.04 Å². The van der Waals surface area contributed by atoms with Gasteiger partial charge in [0, 0.05) is 12.1 Å². The molecule has 1 aliphatic heterocycles. The highest BCUT2D eigenvalue weighted by Crippen LogP contribution is 2.30. The highest BCUT2D eigenvalue weighted by Gasteiger charge is 2.34. The van der Waals surface area contributed by atoms with Crippen molar-refractivity contribution in [1.82, 2.24) is 25.3 Å². The molecule has 7 nitrogen and oxygen atoms in total. The highest BCUT2D eigenvalue weighted by molar-refractivity contribution is 5.71. The Balaban J connectivity index is 0.000000757. The fourth-order valence-corrected chi connectivity index (χ4v) is 2.97. The molecule has 7 heteroatoms. The van der Waals surface area contributed by atoms with Crippen LogP contribution < -0.4 is 4.74 Å². The Morgan fingerprint density at radius 1 is 0.867 bits per heavy atom. The van der Waals surface area contributed by atoms with Crippen LogP contribution in [0.15, 0.2) is 60.7 Å². The van der Waals surface area contributed by atoms with Crippen LogP contribution in [0.5, 0.6) is 5.75 Å². The molecule has 1 atom stereocenters. The molecular formula is C23H29N5O2. The molecule has 1 fully saturated rings. The molecule has 0 saturated carbocycles. The number of carbonyl (C=O) groups excluding carboxylic acids is 1. The molecular weight excluding hydrogens is 378 g/mol. The molecule has 158 valence electrons. The predicted molar refractivity (Wildman–Crippen MR) is 117 cm³/mol. The summed E-state index contributed by atoms with van der Waals surface area (Å²) in [6.07, 6.45) is 1.21. The second kappa shape index (κ2) is 12.3. The number of aromatic nitrogens is 4. The summed E-state index contributed by atoms with van der Waals surface area (Å²) in [5.41, 5.74) is 0.853. The summed E-state index contributed by atoms with van der Waals surface area (Å²) in [4.78, 5) is 14.1. The molecule has 30 heavy (non-hydrogen) atoms. The van der Waals surface area contributed by atoms with Crippen LogP contribution in [-0.2, 0) is 0 Å². The number of hydrogen-bond acceptors (Lipinski definition) is 6. The number of likely N-dealkylation sites (tertiary alicyclic amines) is 1. The van der Waals surface area contributed by atoms with E-state index in [1.165, 1.54) is 0 Å². The van der Waals surface area contributed by atoms with Gasteiger partial charge in [0.1, 0.15) is 5.75 Å². The third-order valence-electron chi connectivity index (χ3n) is 4.26. The molecule has 3 aromatic rings. The van der Waals surface area contributed by atoms with Crippen LogP contribution in [0.4, 0.5) is 4.79 Å². The van der Waals surface area contributed by atoms with E-state index in [1.807, 2.05) is 76.2 Å². The number of carbonyl (C=O) groups is 1. The Morgan fingerprint density at radius 3 is 2.03 bits per heavy atom. The fraction of sp³-hybridized carbons (Fsp3) is 0.348. The lowest BCUT2D eigenvalue weighted by Crippen LogP contribution is -2.34. The molecule has 0 spiro atoms. The van der Waals surface area contributed by atoms with E-state index in [2.05, 4.69) is 20.4 Å². The number of hydrogen-bond donors (Lipinski definition) is 0. The van der Waals surface area contributed by atoms with E-state index in [4.69, 9.17) is 4.74 Å². The second-order valence-corrected chi connectivity index (χ2v) is 5.98. The van der Waals surface area contributed by atoms with Crippen molar-refractivity contribution in [1.29, 1.82) is 0 Å². The third kappa shape index (κ3) is 5.83. The van der Waals surface area contributed by atoms with Gasteiger partial charge in [-0.25, -0.2) is 4.79 Å². The average Bonchev–Trinajstić information content (AvgIpc) is 3.33. The van der Waals surface area contributed by atoms with E-state index in [0.29, 0.717) is 23.9 Å². The summed E-state index contributed by atoms with van der Waals surface area (Å²) in [6, 6.07) is 18.3. The molecule has 4 rings (SSSR count). The van der Waals surface area contributed by atoms with Crippen LogP contribution in [-0.4, -0.2) is 37.9 Å². The number of ether oxygens (including phenoxy) is 1. The van der Waals surface area contributed by atoms with Crippen LogP contribution in [0, 0.1) is 0 Å². The van der Waals surface area contributed by atoms with Crippen molar-refractivity contribution in [3.63, 3.8) is 0 Å². The molecule has 0 radical (unpaired) electrons. The molecule has 0 bridgehead atoms. The van der Waals surface area contributed by atoms with Crippen LogP contribution in [0.2, 0.25) is 0 Å². The number of nitrogens with zero attached hydrogens (tertiary/aromatic N) is 5. The predicted octanol–water partition coefficient (Wildman–Crippen LogP) is 5.32. The normalized spacial score (nSPS) is 14.7. The molecule has 2 heterocycles. The van der Waals surface area contributed by atoms with Gasteiger partial charge in [-0.2, -0.15) is 0 Å². The van der Waals surface area contributed by atoms with Gasteiger partial charge in [0.15, 0.2) is 5.82 Å². The molecule has 1 aromatic heterocycles. The van der Waals surface area contributed by atoms with Crippen molar-refractivity contribution < 1.29 is 9.53 Å². The van der Waals surface area contributed by atoms with Crippen LogP contribution >= 0.6 is 0 Å². The molecule has 2 aromatic carbocycles. The first-order chi connectivity index (χ1) is 14.8. The maximum absolute atomic E-state index is 12.5. The van der Waals surface area contributed by atoms with Crippen molar-refractivity contribution in [2.24, 2.45) is 0 Å². The average molecular weight is 408 g/mol. The molecule has 1 amide bonds. The first-order valence-corrected chi connectivity index (χ1v) is 10.5. The number of benzene rings is 2. The molecule has 0 aliphatic carbocycles. The minimum absolute atomic E-state index is 0.268. The monoisotopic (exact) mass is 407 g/mol. The smallest absolute Gasteiger partial charge is 0.410 e. The highest BCUT2D eigenvalue weighted by atomic mass is 16.6. The van der Waals surface area contributed by atoms with Crippen molar-refractivity contribution in [2.75, 3.05) is 6.54 Å². The Labute approximate surface area is 178 Å². The summed E-state index contributed by atoms with van der Waals surface area (Å²) >= 11 is 0. The number of amides is 1. The Morgan fingerprint density at radius 2 is 1.43 bits per heavy atom. The van der Waals surface area contributed by atoms with Gasteiger partial charge in [-0.1, -0.05) is 76.2 Å². The Bertz CT molecular complexity index is 873. The van der Waals surface area contributed by atoms with Crippen molar-refractivity contribution in [2.45, 2.75) is 46.6 Å². The number of para-hydroxylation sites is 1.